The maximum absolute atomic E-state index is 13.0. The number of aryl methyl sites for hydroxylation is 1. The van der Waals surface area contributed by atoms with Gasteiger partial charge in [0.05, 0.1) is 17.2 Å². The molecule has 0 bridgehead atoms. The summed E-state index contributed by atoms with van der Waals surface area (Å²) in [7, 11) is 0. The van der Waals surface area contributed by atoms with E-state index in [1.165, 1.54) is 0 Å². The molecule has 3 aromatic carbocycles. The highest BCUT2D eigenvalue weighted by Gasteiger charge is 2.35. The fourth-order valence-electron chi connectivity index (χ4n) is 3.88. The molecule has 162 valence electrons. The van der Waals surface area contributed by atoms with Crippen molar-refractivity contribution in [2.75, 3.05) is 16.8 Å². The molecule has 0 aromatic heterocycles. The number of benzene rings is 3. The summed E-state index contributed by atoms with van der Waals surface area (Å²) >= 11 is 0. The van der Waals surface area contributed by atoms with Gasteiger partial charge in [0.1, 0.15) is 0 Å². The number of amides is 3. The largest absolute Gasteiger partial charge is 0.348 e. The molecule has 1 aliphatic heterocycles. The van der Waals surface area contributed by atoms with Crippen LogP contribution in [0.1, 0.15) is 27.9 Å². The molecule has 1 atom stereocenters. The highest BCUT2D eigenvalue weighted by molar-refractivity contribution is 6.07. The summed E-state index contributed by atoms with van der Waals surface area (Å²) in [4.78, 5) is 39.9. The van der Waals surface area contributed by atoms with Gasteiger partial charge in [-0.15, -0.1) is 0 Å². The first kappa shape index (κ1) is 21.3. The minimum atomic E-state index is -0.484. The van der Waals surface area contributed by atoms with E-state index < -0.39 is 5.92 Å². The maximum Gasteiger partial charge on any atom is 0.253 e. The van der Waals surface area contributed by atoms with E-state index in [9.17, 15) is 14.4 Å². The molecule has 0 spiro atoms. The lowest BCUT2D eigenvalue weighted by molar-refractivity contribution is -0.122. The zero-order valence-electron chi connectivity index (χ0n) is 17.9. The fourth-order valence-corrected chi connectivity index (χ4v) is 3.88. The molecular weight excluding hydrogens is 402 g/mol. The van der Waals surface area contributed by atoms with Crippen LogP contribution in [0, 0.1) is 12.8 Å². The molecule has 2 N–H and O–H groups in total. The standard InChI is InChI=1S/C26H25N3O3/c1-18-9-5-8-14-23(18)29-17-20(15-24(29)30)25(31)28-22-13-7-6-12-21(22)26(32)27-16-19-10-3-2-4-11-19/h2-14,20H,15-17H2,1H3,(H,27,32)(H,28,31)/t20-/m1/s1. The third-order valence-corrected chi connectivity index (χ3v) is 5.63. The van der Waals surface area contributed by atoms with E-state index in [4.69, 9.17) is 0 Å². The van der Waals surface area contributed by atoms with Crippen molar-refractivity contribution in [3.8, 4) is 0 Å². The van der Waals surface area contributed by atoms with Crippen molar-refractivity contribution in [1.29, 1.82) is 0 Å². The number of anilines is 2. The second-order valence-corrected chi connectivity index (χ2v) is 7.89. The molecule has 3 aromatic rings. The summed E-state index contributed by atoms with van der Waals surface area (Å²) in [6.45, 7) is 2.66. The highest BCUT2D eigenvalue weighted by Crippen LogP contribution is 2.28. The number of carbonyl (C=O) groups is 3. The van der Waals surface area contributed by atoms with Crippen LogP contribution in [-0.4, -0.2) is 24.3 Å². The third-order valence-electron chi connectivity index (χ3n) is 5.63. The minimum Gasteiger partial charge on any atom is -0.348 e. The molecule has 0 saturated carbocycles. The molecule has 1 heterocycles. The molecule has 3 amide bonds. The molecule has 0 radical (unpaired) electrons. The van der Waals surface area contributed by atoms with Crippen molar-refractivity contribution in [3.63, 3.8) is 0 Å². The van der Waals surface area contributed by atoms with E-state index in [1.807, 2.05) is 61.5 Å². The third kappa shape index (κ3) is 4.70. The Balaban J connectivity index is 1.43. The monoisotopic (exact) mass is 427 g/mol. The Morgan fingerprint density at radius 2 is 1.62 bits per heavy atom. The average Bonchev–Trinajstić information content (AvgIpc) is 3.20. The first-order valence-electron chi connectivity index (χ1n) is 10.6. The van der Waals surface area contributed by atoms with Crippen LogP contribution in [-0.2, 0) is 16.1 Å². The first-order chi connectivity index (χ1) is 15.5. The zero-order chi connectivity index (χ0) is 22.5. The van der Waals surface area contributed by atoms with Gasteiger partial charge >= 0.3 is 0 Å². The predicted octanol–water partition coefficient (Wildman–Crippen LogP) is 3.92. The van der Waals surface area contributed by atoms with Crippen LogP contribution in [0.15, 0.2) is 78.9 Å². The van der Waals surface area contributed by atoms with Crippen molar-refractivity contribution in [2.24, 2.45) is 5.92 Å². The molecule has 0 aliphatic carbocycles. The Morgan fingerprint density at radius 3 is 2.41 bits per heavy atom. The number of hydrogen-bond donors (Lipinski definition) is 2. The van der Waals surface area contributed by atoms with Gasteiger partial charge in [0.2, 0.25) is 11.8 Å². The number of para-hydroxylation sites is 2. The van der Waals surface area contributed by atoms with Gasteiger partial charge in [-0.05, 0) is 36.2 Å². The van der Waals surface area contributed by atoms with E-state index in [2.05, 4.69) is 10.6 Å². The van der Waals surface area contributed by atoms with Crippen LogP contribution < -0.4 is 15.5 Å². The van der Waals surface area contributed by atoms with Crippen molar-refractivity contribution < 1.29 is 14.4 Å². The van der Waals surface area contributed by atoms with Crippen LogP contribution in [0.2, 0.25) is 0 Å². The number of carbonyl (C=O) groups excluding carboxylic acids is 3. The number of nitrogens with zero attached hydrogens (tertiary/aromatic N) is 1. The topological polar surface area (TPSA) is 78.5 Å². The Morgan fingerprint density at radius 1 is 0.938 bits per heavy atom. The lowest BCUT2D eigenvalue weighted by Crippen LogP contribution is -2.29. The quantitative estimate of drug-likeness (QED) is 0.626. The first-order valence-corrected chi connectivity index (χ1v) is 10.6. The summed E-state index contributed by atoms with van der Waals surface area (Å²) in [5, 5.41) is 5.75. The average molecular weight is 428 g/mol. The summed E-state index contributed by atoms with van der Waals surface area (Å²) in [5.41, 5.74) is 3.63. The number of nitrogens with one attached hydrogen (secondary N) is 2. The van der Waals surface area contributed by atoms with E-state index in [1.54, 1.807) is 29.2 Å². The van der Waals surface area contributed by atoms with Crippen LogP contribution in [0.25, 0.3) is 0 Å². The van der Waals surface area contributed by atoms with E-state index in [0.29, 0.717) is 24.3 Å². The van der Waals surface area contributed by atoms with Crippen LogP contribution >= 0.6 is 0 Å². The smallest absolute Gasteiger partial charge is 0.253 e. The van der Waals surface area contributed by atoms with Gasteiger partial charge in [-0.25, -0.2) is 0 Å². The summed E-state index contributed by atoms with van der Waals surface area (Å²) in [5.74, 6) is -1.09. The van der Waals surface area contributed by atoms with Gasteiger partial charge in [0.15, 0.2) is 0 Å². The molecule has 1 fully saturated rings. The molecule has 32 heavy (non-hydrogen) atoms. The lowest BCUT2D eigenvalue weighted by Gasteiger charge is -2.19. The van der Waals surface area contributed by atoms with E-state index in [0.717, 1.165) is 16.8 Å². The summed E-state index contributed by atoms with van der Waals surface area (Å²) < 4.78 is 0. The molecule has 6 heteroatoms. The zero-order valence-corrected chi connectivity index (χ0v) is 17.9. The van der Waals surface area contributed by atoms with Gasteiger partial charge in [-0.3, -0.25) is 14.4 Å². The number of hydrogen-bond acceptors (Lipinski definition) is 3. The van der Waals surface area contributed by atoms with Crippen LogP contribution in [0.5, 0.6) is 0 Å². The summed E-state index contributed by atoms with van der Waals surface area (Å²) in [6, 6.07) is 24.2. The Hall–Kier alpha value is -3.93. The minimum absolute atomic E-state index is 0.0756. The molecule has 1 saturated heterocycles. The van der Waals surface area contributed by atoms with Gasteiger partial charge in [-0.1, -0.05) is 60.7 Å². The molecular formula is C26H25N3O3. The van der Waals surface area contributed by atoms with E-state index >= 15 is 0 Å². The molecule has 0 unspecified atom stereocenters. The van der Waals surface area contributed by atoms with Crippen molar-refractivity contribution >= 4 is 29.1 Å². The van der Waals surface area contributed by atoms with Crippen LogP contribution in [0.4, 0.5) is 11.4 Å². The molecule has 1 aliphatic rings. The van der Waals surface area contributed by atoms with Gasteiger partial charge in [0.25, 0.3) is 5.91 Å². The number of rotatable bonds is 6. The maximum atomic E-state index is 13.0. The van der Waals surface area contributed by atoms with Crippen molar-refractivity contribution in [1.82, 2.24) is 5.32 Å². The fraction of sp³-hybridized carbons (Fsp3) is 0.192. The van der Waals surface area contributed by atoms with Gasteiger partial charge in [0, 0.05) is 25.2 Å². The Bertz CT molecular complexity index is 1140. The summed E-state index contributed by atoms with van der Waals surface area (Å²) in [6.07, 6.45) is 0.141. The van der Waals surface area contributed by atoms with Crippen molar-refractivity contribution in [3.05, 3.63) is 95.6 Å². The normalized spacial score (nSPS) is 15.5. The Kier molecular flexibility index (Phi) is 6.31. The van der Waals surface area contributed by atoms with Crippen LogP contribution in [0.3, 0.4) is 0 Å². The van der Waals surface area contributed by atoms with Gasteiger partial charge in [-0.2, -0.15) is 0 Å². The SMILES string of the molecule is Cc1ccccc1N1C[C@H](C(=O)Nc2ccccc2C(=O)NCc2ccccc2)CC1=O. The van der Waals surface area contributed by atoms with Crippen molar-refractivity contribution in [2.45, 2.75) is 19.9 Å². The van der Waals surface area contributed by atoms with Gasteiger partial charge < -0.3 is 15.5 Å². The highest BCUT2D eigenvalue weighted by atomic mass is 16.2. The second kappa shape index (κ2) is 9.47. The molecule has 4 rings (SSSR count). The van der Waals surface area contributed by atoms with E-state index in [-0.39, 0.29) is 24.1 Å². The Labute approximate surface area is 187 Å². The second-order valence-electron chi connectivity index (χ2n) is 7.89. The predicted molar refractivity (Wildman–Crippen MR) is 124 cm³/mol. The lowest BCUT2D eigenvalue weighted by atomic mass is 10.1. The molecule has 6 nitrogen and oxygen atoms in total.